The number of carbonyl (C=O) groups is 2. The number of rotatable bonds is 6. The molecule has 6 nitrogen and oxygen atoms in total. The summed E-state index contributed by atoms with van der Waals surface area (Å²) in [5.41, 5.74) is 1.64. The van der Waals surface area contributed by atoms with Crippen molar-refractivity contribution in [2.24, 2.45) is 0 Å². The van der Waals surface area contributed by atoms with Crippen LogP contribution in [0.3, 0.4) is 0 Å². The molecule has 0 bridgehead atoms. The molecule has 2 aromatic carbocycles. The third-order valence-corrected chi connectivity index (χ3v) is 5.26. The number of amides is 1. The van der Waals surface area contributed by atoms with Gasteiger partial charge in [-0.05, 0) is 48.7 Å². The van der Waals surface area contributed by atoms with E-state index in [2.05, 4.69) is 15.2 Å². The summed E-state index contributed by atoms with van der Waals surface area (Å²) in [5.74, 6) is -0.731. The zero-order valence-electron chi connectivity index (χ0n) is 17.1. The summed E-state index contributed by atoms with van der Waals surface area (Å²) in [4.78, 5) is 24.4. The first kappa shape index (κ1) is 21.6. The van der Waals surface area contributed by atoms with E-state index in [1.165, 1.54) is 24.1 Å². The summed E-state index contributed by atoms with van der Waals surface area (Å²) >= 11 is 0. The fraction of sp³-hybridized carbons (Fsp3) is 0.261. The number of benzene rings is 2. The predicted molar refractivity (Wildman–Crippen MR) is 109 cm³/mol. The summed E-state index contributed by atoms with van der Waals surface area (Å²) < 4.78 is 45.4. The molecular weight excluding hydrogens is 423 g/mol. The molecule has 0 spiro atoms. The lowest BCUT2D eigenvalue weighted by Crippen LogP contribution is -2.23. The van der Waals surface area contributed by atoms with Crippen LogP contribution in [0.1, 0.15) is 56.3 Å². The van der Waals surface area contributed by atoms with Gasteiger partial charge in [0, 0.05) is 12.5 Å². The van der Waals surface area contributed by atoms with Crippen LogP contribution < -0.4 is 5.32 Å². The molecule has 1 aliphatic carbocycles. The standard InChI is InChI=1S/C23H20F3N3O3/c1-32-22(31)16-7-5-14(6-8-16)12-27-21(30)19-13-28-29(20(19)15-9-10-15)18-4-2-3-17(11-18)23(24,25)26/h2-8,11,13,15H,9-10,12H2,1H3,(H,27,30). The highest BCUT2D eigenvalue weighted by molar-refractivity contribution is 5.95. The first-order chi connectivity index (χ1) is 15.3. The van der Waals surface area contributed by atoms with E-state index in [0.29, 0.717) is 16.8 Å². The SMILES string of the molecule is COC(=O)c1ccc(CNC(=O)c2cnn(-c3cccc(C(F)(F)F)c3)c2C2CC2)cc1. The molecule has 9 heteroatoms. The maximum Gasteiger partial charge on any atom is 0.416 e. The Morgan fingerprint density at radius 1 is 1.16 bits per heavy atom. The normalized spacial score (nSPS) is 13.6. The quantitative estimate of drug-likeness (QED) is 0.570. The van der Waals surface area contributed by atoms with Crippen molar-refractivity contribution >= 4 is 11.9 Å². The molecule has 0 unspecified atom stereocenters. The largest absolute Gasteiger partial charge is 0.465 e. The molecule has 0 aliphatic heterocycles. The van der Waals surface area contributed by atoms with E-state index >= 15 is 0 Å². The second kappa shape index (κ2) is 8.49. The van der Waals surface area contributed by atoms with Gasteiger partial charge in [0.05, 0.1) is 41.4 Å². The van der Waals surface area contributed by atoms with Crippen molar-refractivity contribution in [1.29, 1.82) is 0 Å². The van der Waals surface area contributed by atoms with Gasteiger partial charge in [0.15, 0.2) is 0 Å². The number of carbonyl (C=O) groups excluding carboxylic acids is 2. The van der Waals surface area contributed by atoms with Gasteiger partial charge >= 0.3 is 12.1 Å². The van der Waals surface area contributed by atoms with Crippen LogP contribution in [0.5, 0.6) is 0 Å². The molecule has 0 saturated heterocycles. The van der Waals surface area contributed by atoms with Gasteiger partial charge in [-0.2, -0.15) is 18.3 Å². The van der Waals surface area contributed by atoms with Gasteiger partial charge in [-0.1, -0.05) is 18.2 Å². The smallest absolute Gasteiger partial charge is 0.416 e. The van der Waals surface area contributed by atoms with Crippen molar-refractivity contribution in [3.8, 4) is 5.69 Å². The van der Waals surface area contributed by atoms with Crippen LogP contribution in [-0.2, 0) is 17.5 Å². The Bertz CT molecular complexity index is 1150. The van der Waals surface area contributed by atoms with Crippen LogP contribution in [0.2, 0.25) is 0 Å². The van der Waals surface area contributed by atoms with Gasteiger partial charge in [-0.15, -0.1) is 0 Å². The molecule has 0 radical (unpaired) electrons. The Labute approximate surface area is 182 Å². The minimum Gasteiger partial charge on any atom is -0.465 e. The Hall–Kier alpha value is -3.62. The summed E-state index contributed by atoms with van der Waals surface area (Å²) in [7, 11) is 1.30. The van der Waals surface area contributed by atoms with Crippen molar-refractivity contribution in [3.63, 3.8) is 0 Å². The van der Waals surface area contributed by atoms with Crippen LogP contribution in [0.15, 0.2) is 54.7 Å². The molecular formula is C23H20F3N3O3. The Kier molecular flexibility index (Phi) is 5.73. The summed E-state index contributed by atoms with van der Waals surface area (Å²) in [5, 5.41) is 7.04. The molecule has 32 heavy (non-hydrogen) atoms. The average molecular weight is 443 g/mol. The third kappa shape index (κ3) is 4.51. The van der Waals surface area contributed by atoms with Crippen molar-refractivity contribution in [1.82, 2.24) is 15.1 Å². The molecule has 1 saturated carbocycles. The van der Waals surface area contributed by atoms with Crippen molar-refractivity contribution in [2.45, 2.75) is 31.5 Å². The van der Waals surface area contributed by atoms with Crippen LogP contribution in [0.25, 0.3) is 5.69 Å². The van der Waals surface area contributed by atoms with Gasteiger partial charge in [0.2, 0.25) is 0 Å². The molecule has 1 fully saturated rings. The molecule has 1 heterocycles. The number of nitrogens with zero attached hydrogens (tertiary/aromatic N) is 2. The van der Waals surface area contributed by atoms with E-state index in [1.54, 1.807) is 30.3 Å². The second-order valence-corrected chi connectivity index (χ2v) is 7.55. The number of hydrogen-bond acceptors (Lipinski definition) is 4. The lowest BCUT2D eigenvalue weighted by molar-refractivity contribution is -0.137. The molecule has 3 aromatic rings. The van der Waals surface area contributed by atoms with E-state index in [1.807, 2.05) is 0 Å². The minimum atomic E-state index is -4.47. The average Bonchev–Trinajstić information content (AvgIpc) is 3.54. The number of esters is 1. The fourth-order valence-electron chi connectivity index (χ4n) is 3.46. The van der Waals surface area contributed by atoms with Gasteiger partial charge in [0.25, 0.3) is 5.91 Å². The first-order valence-corrected chi connectivity index (χ1v) is 9.99. The van der Waals surface area contributed by atoms with Crippen LogP contribution in [0, 0.1) is 0 Å². The molecule has 1 amide bonds. The lowest BCUT2D eigenvalue weighted by Gasteiger charge is -2.12. The maximum atomic E-state index is 13.1. The number of nitrogens with one attached hydrogen (secondary N) is 1. The highest BCUT2D eigenvalue weighted by Gasteiger charge is 2.34. The fourth-order valence-corrected chi connectivity index (χ4v) is 3.46. The number of alkyl halides is 3. The second-order valence-electron chi connectivity index (χ2n) is 7.55. The summed E-state index contributed by atoms with van der Waals surface area (Å²) in [6, 6.07) is 11.5. The number of ether oxygens (including phenoxy) is 1. The van der Waals surface area contributed by atoms with Crippen molar-refractivity contribution in [2.75, 3.05) is 7.11 Å². The molecule has 1 N–H and O–H groups in total. The molecule has 166 valence electrons. The Balaban J connectivity index is 1.54. The topological polar surface area (TPSA) is 73.2 Å². The monoisotopic (exact) mass is 443 g/mol. The zero-order valence-corrected chi connectivity index (χ0v) is 17.1. The van der Waals surface area contributed by atoms with Crippen LogP contribution >= 0.6 is 0 Å². The summed E-state index contributed by atoms with van der Waals surface area (Å²) in [6.45, 7) is 0.221. The lowest BCUT2D eigenvalue weighted by atomic mass is 10.1. The van der Waals surface area contributed by atoms with Crippen LogP contribution in [0.4, 0.5) is 13.2 Å². The van der Waals surface area contributed by atoms with E-state index in [0.717, 1.165) is 30.5 Å². The van der Waals surface area contributed by atoms with Gasteiger partial charge in [0.1, 0.15) is 0 Å². The van der Waals surface area contributed by atoms with Gasteiger partial charge < -0.3 is 10.1 Å². The van der Waals surface area contributed by atoms with E-state index in [-0.39, 0.29) is 24.1 Å². The number of hydrogen-bond donors (Lipinski definition) is 1. The van der Waals surface area contributed by atoms with E-state index in [9.17, 15) is 22.8 Å². The highest BCUT2D eigenvalue weighted by atomic mass is 19.4. The highest BCUT2D eigenvalue weighted by Crippen LogP contribution is 2.42. The van der Waals surface area contributed by atoms with Crippen molar-refractivity contribution < 1.29 is 27.5 Å². The maximum absolute atomic E-state index is 13.1. The summed E-state index contributed by atoms with van der Waals surface area (Å²) in [6.07, 6.45) is -1.38. The third-order valence-electron chi connectivity index (χ3n) is 5.26. The van der Waals surface area contributed by atoms with Crippen molar-refractivity contribution in [3.05, 3.63) is 82.7 Å². The molecule has 0 atom stereocenters. The minimum absolute atomic E-state index is 0.0760. The molecule has 4 rings (SSSR count). The Morgan fingerprint density at radius 3 is 2.50 bits per heavy atom. The zero-order chi connectivity index (χ0) is 22.9. The Morgan fingerprint density at radius 2 is 1.88 bits per heavy atom. The predicted octanol–water partition coefficient (Wildman–Crippen LogP) is 4.49. The van der Waals surface area contributed by atoms with Gasteiger partial charge in [-0.3, -0.25) is 4.79 Å². The number of aromatic nitrogens is 2. The first-order valence-electron chi connectivity index (χ1n) is 9.99. The number of methoxy groups -OCH3 is 1. The van der Waals surface area contributed by atoms with Gasteiger partial charge in [-0.25, -0.2) is 9.48 Å². The van der Waals surface area contributed by atoms with E-state index in [4.69, 9.17) is 0 Å². The molecule has 1 aromatic heterocycles. The van der Waals surface area contributed by atoms with E-state index < -0.39 is 17.7 Å². The number of halogens is 3. The molecule has 1 aliphatic rings. The van der Waals surface area contributed by atoms with Crippen LogP contribution in [-0.4, -0.2) is 28.8 Å².